The number of nitrogens with one attached hydrogen (secondary N) is 2. The van der Waals surface area contributed by atoms with E-state index in [1.54, 1.807) is 0 Å². The van der Waals surface area contributed by atoms with Gasteiger partial charge in [-0.15, -0.1) is 0 Å². The van der Waals surface area contributed by atoms with Gasteiger partial charge in [0.15, 0.2) is 0 Å². The first-order valence-electron chi connectivity index (χ1n) is 7.22. The molecule has 2 unspecified atom stereocenters. The minimum atomic E-state index is -0.0425. The summed E-state index contributed by atoms with van der Waals surface area (Å²) >= 11 is 0. The molecule has 1 amide bonds. The number of hydrogen-bond donors (Lipinski definition) is 2. The average molecular weight is 238 g/mol. The second kappa shape index (κ2) is 5.38. The third-order valence-corrected chi connectivity index (χ3v) is 4.71. The Hall–Kier alpha value is -0.570. The fourth-order valence-corrected chi connectivity index (χ4v) is 3.52. The first-order chi connectivity index (χ1) is 8.18. The molecule has 17 heavy (non-hydrogen) atoms. The van der Waals surface area contributed by atoms with Gasteiger partial charge in [-0.2, -0.15) is 0 Å². The lowest BCUT2D eigenvalue weighted by molar-refractivity contribution is -0.123. The molecule has 3 heteroatoms. The van der Waals surface area contributed by atoms with Crippen LogP contribution in [0.1, 0.15) is 58.8 Å². The molecule has 2 N–H and O–H groups in total. The van der Waals surface area contributed by atoms with Gasteiger partial charge in [0.1, 0.15) is 0 Å². The number of amides is 1. The normalized spacial score (nSPS) is 28.5. The van der Waals surface area contributed by atoms with Crippen LogP contribution in [0, 0.1) is 5.41 Å². The Morgan fingerprint density at radius 3 is 2.53 bits per heavy atom. The zero-order valence-electron chi connectivity index (χ0n) is 11.2. The molecule has 2 aliphatic carbocycles. The summed E-state index contributed by atoms with van der Waals surface area (Å²) in [5.74, 6) is 0.144. The van der Waals surface area contributed by atoms with Gasteiger partial charge in [-0.25, -0.2) is 0 Å². The summed E-state index contributed by atoms with van der Waals surface area (Å²) < 4.78 is 0. The second-order valence-corrected chi connectivity index (χ2v) is 5.80. The van der Waals surface area contributed by atoms with E-state index in [1.807, 2.05) is 13.8 Å². The van der Waals surface area contributed by atoms with E-state index in [2.05, 4.69) is 10.6 Å². The number of carbonyl (C=O) groups is 1. The summed E-state index contributed by atoms with van der Waals surface area (Å²) in [6, 6.07) is 0.541. The highest BCUT2D eigenvalue weighted by Gasteiger charge is 2.47. The number of rotatable bonds is 4. The average Bonchev–Trinajstić information content (AvgIpc) is 2.35. The van der Waals surface area contributed by atoms with E-state index in [4.69, 9.17) is 0 Å². The van der Waals surface area contributed by atoms with Crippen LogP contribution in [0.15, 0.2) is 0 Å². The monoisotopic (exact) mass is 238 g/mol. The Morgan fingerprint density at radius 1 is 1.29 bits per heavy atom. The van der Waals surface area contributed by atoms with Crippen LogP contribution in [-0.4, -0.2) is 24.5 Å². The largest absolute Gasteiger partial charge is 0.355 e. The molecule has 0 aromatic rings. The summed E-state index contributed by atoms with van der Waals surface area (Å²) in [5.41, 5.74) is 0.541. The van der Waals surface area contributed by atoms with Gasteiger partial charge >= 0.3 is 0 Å². The molecular formula is C14H26N2O. The quantitative estimate of drug-likeness (QED) is 0.788. The van der Waals surface area contributed by atoms with Gasteiger partial charge in [-0.1, -0.05) is 19.3 Å². The topological polar surface area (TPSA) is 41.1 Å². The minimum Gasteiger partial charge on any atom is -0.355 e. The molecule has 1 spiro atoms. The van der Waals surface area contributed by atoms with Gasteiger partial charge in [0.2, 0.25) is 5.91 Å². The summed E-state index contributed by atoms with van der Waals surface area (Å²) in [6.07, 6.45) is 9.53. The van der Waals surface area contributed by atoms with Gasteiger partial charge < -0.3 is 10.6 Å². The minimum absolute atomic E-state index is 0.0425. The van der Waals surface area contributed by atoms with E-state index < -0.39 is 0 Å². The van der Waals surface area contributed by atoms with Gasteiger partial charge in [0, 0.05) is 12.6 Å². The molecule has 2 rings (SSSR count). The molecule has 2 saturated carbocycles. The maximum absolute atomic E-state index is 11.7. The van der Waals surface area contributed by atoms with Crippen LogP contribution in [0.2, 0.25) is 0 Å². The van der Waals surface area contributed by atoms with Crippen LogP contribution in [0.5, 0.6) is 0 Å². The Bertz CT molecular complexity index is 271. The summed E-state index contributed by atoms with van der Waals surface area (Å²) in [5, 5.41) is 6.44. The van der Waals surface area contributed by atoms with Gasteiger partial charge in [-0.05, 0) is 44.9 Å². The van der Waals surface area contributed by atoms with E-state index in [-0.39, 0.29) is 11.9 Å². The molecule has 2 fully saturated rings. The van der Waals surface area contributed by atoms with Crippen LogP contribution in [0.4, 0.5) is 0 Å². The molecule has 2 atom stereocenters. The molecule has 98 valence electrons. The van der Waals surface area contributed by atoms with Gasteiger partial charge in [-0.3, -0.25) is 4.79 Å². The van der Waals surface area contributed by atoms with E-state index >= 15 is 0 Å². The second-order valence-electron chi connectivity index (χ2n) is 5.80. The van der Waals surface area contributed by atoms with Crippen molar-refractivity contribution in [2.24, 2.45) is 5.41 Å². The van der Waals surface area contributed by atoms with Crippen LogP contribution < -0.4 is 10.6 Å². The molecule has 0 aromatic heterocycles. The van der Waals surface area contributed by atoms with Gasteiger partial charge in [0.25, 0.3) is 0 Å². The Balaban J connectivity index is 1.84. The molecule has 0 aromatic carbocycles. The maximum Gasteiger partial charge on any atom is 0.236 e. The molecule has 0 aliphatic heterocycles. The third-order valence-electron chi connectivity index (χ3n) is 4.71. The third kappa shape index (κ3) is 2.65. The van der Waals surface area contributed by atoms with Crippen molar-refractivity contribution in [2.45, 2.75) is 70.9 Å². The number of carbonyl (C=O) groups excluding carboxylic acids is 1. The van der Waals surface area contributed by atoms with E-state index in [0.29, 0.717) is 11.5 Å². The smallest absolute Gasteiger partial charge is 0.236 e. The molecule has 0 heterocycles. The Kier molecular flexibility index (Phi) is 4.08. The first-order valence-corrected chi connectivity index (χ1v) is 7.22. The van der Waals surface area contributed by atoms with Crippen molar-refractivity contribution >= 4 is 5.91 Å². The van der Waals surface area contributed by atoms with Crippen molar-refractivity contribution in [2.75, 3.05) is 6.54 Å². The zero-order chi connectivity index (χ0) is 12.3. The fraction of sp³-hybridized carbons (Fsp3) is 0.929. The lowest BCUT2D eigenvalue weighted by atomic mass is 9.57. The number of hydrogen-bond acceptors (Lipinski definition) is 2. The molecule has 0 saturated heterocycles. The highest BCUT2D eigenvalue weighted by Crippen LogP contribution is 2.51. The predicted octanol–water partition coefficient (Wildman–Crippen LogP) is 2.21. The standard InChI is InChI=1S/C14H26N2O/c1-3-15-13(17)11(2)16-12-7-10-14(12)8-5-4-6-9-14/h11-12,16H,3-10H2,1-2H3,(H,15,17). The molecule has 2 aliphatic rings. The molecule has 0 radical (unpaired) electrons. The Morgan fingerprint density at radius 2 is 2.00 bits per heavy atom. The lowest BCUT2D eigenvalue weighted by Crippen LogP contribution is -2.59. The highest BCUT2D eigenvalue weighted by molar-refractivity contribution is 5.81. The number of likely N-dealkylation sites (N-methyl/N-ethyl adjacent to an activating group) is 1. The predicted molar refractivity (Wildman–Crippen MR) is 69.8 cm³/mol. The van der Waals surface area contributed by atoms with Crippen LogP contribution in [0.3, 0.4) is 0 Å². The van der Waals surface area contributed by atoms with E-state index in [0.717, 1.165) is 6.54 Å². The van der Waals surface area contributed by atoms with Crippen molar-refractivity contribution in [3.05, 3.63) is 0 Å². The van der Waals surface area contributed by atoms with Crippen molar-refractivity contribution in [1.29, 1.82) is 0 Å². The van der Waals surface area contributed by atoms with Crippen molar-refractivity contribution in [3.8, 4) is 0 Å². The van der Waals surface area contributed by atoms with Crippen LogP contribution >= 0.6 is 0 Å². The van der Waals surface area contributed by atoms with Crippen LogP contribution in [-0.2, 0) is 4.79 Å². The molecule has 0 bridgehead atoms. The first kappa shape index (κ1) is 12.9. The van der Waals surface area contributed by atoms with Crippen molar-refractivity contribution in [3.63, 3.8) is 0 Å². The Labute approximate surface area is 105 Å². The van der Waals surface area contributed by atoms with E-state index in [1.165, 1.54) is 44.9 Å². The summed E-state index contributed by atoms with van der Waals surface area (Å²) in [4.78, 5) is 11.7. The SMILES string of the molecule is CCNC(=O)C(C)NC1CCC12CCCCC2. The fourth-order valence-electron chi connectivity index (χ4n) is 3.52. The molecule has 3 nitrogen and oxygen atoms in total. The zero-order valence-corrected chi connectivity index (χ0v) is 11.2. The van der Waals surface area contributed by atoms with Gasteiger partial charge in [0.05, 0.1) is 6.04 Å². The highest BCUT2D eigenvalue weighted by atomic mass is 16.2. The van der Waals surface area contributed by atoms with E-state index in [9.17, 15) is 4.79 Å². The lowest BCUT2D eigenvalue weighted by Gasteiger charge is -2.53. The van der Waals surface area contributed by atoms with Crippen LogP contribution in [0.25, 0.3) is 0 Å². The summed E-state index contributed by atoms with van der Waals surface area (Å²) in [7, 11) is 0. The van der Waals surface area contributed by atoms with Crippen molar-refractivity contribution < 1.29 is 4.79 Å². The molecular weight excluding hydrogens is 212 g/mol. The summed E-state index contributed by atoms with van der Waals surface area (Å²) in [6.45, 7) is 4.68. The van der Waals surface area contributed by atoms with Crippen molar-refractivity contribution in [1.82, 2.24) is 10.6 Å². The maximum atomic E-state index is 11.7.